The van der Waals surface area contributed by atoms with Crippen molar-refractivity contribution in [2.24, 2.45) is 5.92 Å². The standard InChI is InChI=1S/C10H21NO2/c1-4-11-5-6-13-8-9(7-11)10(2,3)12/h9,12H,4-8H2,1-3H3. The van der Waals surface area contributed by atoms with Crippen LogP contribution < -0.4 is 0 Å². The van der Waals surface area contributed by atoms with Crippen molar-refractivity contribution in [2.45, 2.75) is 26.4 Å². The van der Waals surface area contributed by atoms with Crippen molar-refractivity contribution < 1.29 is 9.84 Å². The van der Waals surface area contributed by atoms with Crippen molar-refractivity contribution in [3.8, 4) is 0 Å². The molecule has 13 heavy (non-hydrogen) atoms. The fraction of sp³-hybridized carbons (Fsp3) is 1.00. The summed E-state index contributed by atoms with van der Waals surface area (Å²) >= 11 is 0. The second-order valence-electron chi connectivity index (χ2n) is 4.32. The predicted octanol–water partition coefficient (Wildman–Crippen LogP) is 0.726. The van der Waals surface area contributed by atoms with Crippen molar-refractivity contribution in [3.63, 3.8) is 0 Å². The lowest BCUT2D eigenvalue weighted by atomic mass is 9.91. The molecule has 1 unspecified atom stereocenters. The van der Waals surface area contributed by atoms with Gasteiger partial charge < -0.3 is 14.7 Å². The van der Waals surface area contributed by atoms with E-state index in [9.17, 15) is 5.11 Å². The Hall–Kier alpha value is -0.120. The van der Waals surface area contributed by atoms with E-state index < -0.39 is 5.60 Å². The minimum atomic E-state index is -0.627. The van der Waals surface area contributed by atoms with Gasteiger partial charge in [-0.05, 0) is 20.4 Å². The summed E-state index contributed by atoms with van der Waals surface area (Å²) in [4.78, 5) is 2.33. The molecule has 0 saturated carbocycles. The number of nitrogens with zero attached hydrogens (tertiary/aromatic N) is 1. The van der Waals surface area contributed by atoms with Crippen molar-refractivity contribution >= 4 is 0 Å². The number of hydrogen-bond donors (Lipinski definition) is 1. The van der Waals surface area contributed by atoms with Crippen LogP contribution in [-0.4, -0.2) is 48.5 Å². The topological polar surface area (TPSA) is 32.7 Å². The Morgan fingerprint density at radius 1 is 1.54 bits per heavy atom. The van der Waals surface area contributed by atoms with Gasteiger partial charge in [0.1, 0.15) is 0 Å². The highest BCUT2D eigenvalue weighted by Crippen LogP contribution is 2.19. The van der Waals surface area contributed by atoms with Crippen LogP contribution in [0.15, 0.2) is 0 Å². The molecule has 78 valence electrons. The highest BCUT2D eigenvalue weighted by molar-refractivity contribution is 4.81. The number of ether oxygens (including phenoxy) is 1. The van der Waals surface area contributed by atoms with Gasteiger partial charge >= 0.3 is 0 Å². The first kappa shape index (κ1) is 11.0. The van der Waals surface area contributed by atoms with Crippen molar-refractivity contribution in [1.82, 2.24) is 4.90 Å². The zero-order chi connectivity index (χ0) is 9.90. The van der Waals surface area contributed by atoms with Gasteiger partial charge in [0.2, 0.25) is 0 Å². The first-order chi connectivity index (χ1) is 6.04. The molecule has 1 aliphatic rings. The van der Waals surface area contributed by atoms with Gasteiger partial charge in [0.05, 0.1) is 18.8 Å². The quantitative estimate of drug-likeness (QED) is 0.691. The summed E-state index contributed by atoms with van der Waals surface area (Å²) in [5.41, 5.74) is -0.627. The molecule has 0 radical (unpaired) electrons. The van der Waals surface area contributed by atoms with Gasteiger partial charge in [0.25, 0.3) is 0 Å². The molecule has 0 bridgehead atoms. The van der Waals surface area contributed by atoms with Crippen LogP contribution in [0.1, 0.15) is 20.8 Å². The molecule has 3 heteroatoms. The lowest BCUT2D eigenvalue weighted by Gasteiger charge is -2.30. The Morgan fingerprint density at radius 2 is 2.23 bits per heavy atom. The fourth-order valence-corrected chi connectivity index (χ4v) is 1.59. The summed E-state index contributed by atoms with van der Waals surface area (Å²) in [6, 6.07) is 0. The SMILES string of the molecule is CCN1CCOCC(C(C)(C)O)C1. The molecule has 0 aliphatic carbocycles. The first-order valence-electron chi connectivity index (χ1n) is 5.06. The molecule has 0 aromatic heterocycles. The highest BCUT2D eigenvalue weighted by Gasteiger charge is 2.30. The van der Waals surface area contributed by atoms with Gasteiger partial charge in [0, 0.05) is 19.0 Å². The molecule has 1 saturated heterocycles. The van der Waals surface area contributed by atoms with E-state index in [4.69, 9.17) is 4.74 Å². The fourth-order valence-electron chi connectivity index (χ4n) is 1.59. The van der Waals surface area contributed by atoms with E-state index in [1.807, 2.05) is 13.8 Å². The van der Waals surface area contributed by atoms with Crippen LogP contribution in [0.4, 0.5) is 0 Å². The summed E-state index contributed by atoms with van der Waals surface area (Å²) in [6.07, 6.45) is 0. The van der Waals surface area contributed by atoms with Crippen LogP contribution in [0.2, 0.25) is 0 Å². The smallest absolute Gasteiger partial charge is 0.0654 e. The van der Waals surface area contributed by atoms with Crippen LogP contribution in [-0.2, 0) is 4.74 Å². The Balaban J connectivity index is 2.54. The summed E-state index contributed by atoms with van der Waals surface area (Å²) < 4.78 is 5.46. The van der Waals surface area contributed by atoms with Gasteiger partial charge in [-0.3, -0.25) is 0 Å². The van der Waals surface area contributed by atoms with Gasteiger partial charge in [-0.1, -0.05) is 6.92 Å². The van der Waals surface area contributed by atoms with Gasteiger partial charge in [-0.25, -0.2) is 0 Å². The average molecular weight is 187 g/mol. The number of likely N-dealkylation sites (N-methyl/N-ethyl adjacent to an activating group) is 1. The Kier molecular flexibility index (Phi) is 3.71. The number of rotatable bonds is 2. The Morgan fingerprint density at radius 3 is 2.77 bits per heavy atom. The van der Waals surface area contributed by atoms with E-state index in [0.29, 0.717) is 6.61 Å². The second kappa shape index (κ2) is 4.40. The van der Waals surface area contributed by atoms with E-state index in [2.05, 4.69) is 11.8 Å². The lowest BCUT2D eigenvalue weighted by Crippen LogP contribution is -2.41. The van der Waals surface area contributed by atoms with E-state index in [0.717, 1.165) is 26.2 Å². The summed E-state index contributed by atoms with van der Waals surface area (Å²) in [7, 11) is 0. The van der Waals surface area contributed by atoms with E-state index >= 15 is 0 Å². The average Bonchev–Trinajstić information content (AvgIpc) is 2.27. The minimum Gasteiger partial charge on any atom is -0.390 e. The maximum absolute atomic E-state index is 9.87. The summed E-state index contributed by atoms with van der Waals surface area (Å²) in [5, 5.41) is 9.87. The molecule has 1 aliphatic heterocycles. The van der Waals surface area contributed by atoms with E-state index in [-0.39, 0.29) is 5.92 Å². The summed E-state index contributed by atoms with van der Waals surface area (Å²) in [5.74, 6) is 0.231. The van der Waals surface area contributed by atoms with Gasteiger partial charge in [0.15, 0.2) is 0 Å². The van der Waals surface area contributed by atoms with Gasteiger partial charge in [-0.2, -0.15) is 0 Å². The zero-order valence-electron chi connectivity index (χ0n) is 8.92. The molecule has 1 rings (SSSR count). The molecule has 3 nitrogen and oxygen atoms in total. The Labute approximate surface area is 80.7 Å². The van der Waals surface area contributed by atoms with E-state index in [1.165, 1.54) is 0 Å². The Bertz CT molecular complexity index is 153. The minimum absolute atomic E-state index is 0.231. The third kappa shape index (κ3) is 3.25. The van der Waals surface area contributed by atoms with Crippen molar-refractivity contribution in [2.75, 3.05) is 32.8 Å². The summed E-state index contributed by atoms with van der Waals surface area (Å²) in [6.45, 7) is 10.3. The van der Waals surface area contributed by atoms with Crippen LogP contribution >= 0.6 is 0 Å². The van der Waals surface area contributed by atoms with Crippen LogP contribution in [0.3, 0.4) is 0 Å². The highest BCUT2D eigenvalue weighted by atomic mass is 16.5. The maximum Gasteiger partial charge on any atom is 0.0654 e. The molecule has 0 aromatic carbocycles. The molecule has 0 aromatic rings. The van der Waals surface area contributed by atoms with Gasteiger partial charge in [-0.15, -0.1) is 0 Å². The third-order valence-corrected chi connectivity index (χ3v) is 2.80. The largest absolute Gasteiger partial charge is 0.390 e. The number of aliphatic hydroxyl groups is 1. The molecule has 1 N–H and O–H groups in total. The third-order valence-electron chi connectivity index (χ3n) is 2.80. The van der Waals surface area contributed by atoms with Crippen molar-refractivity contribution in [1.29, 1.82) is 0 Å². The molecular formula is C10H21NO2. The van der Waals surface area contributed by atoms with Crippen LogP contribution in [0.5, 0.6) is 0 Å². The molecule has 1 fully saturated rings. The van der Waals surface area contributed by atoms with Crippen LogP contribution in [0, 0.1) is 5.92 Å². The monoisotopic (exact) mass is 187 g/mol. The molecule has 0 spiro atoms. The normalized spacial score (nSPS) is 27.2. The molecule has 1 atom stereocenters. The first-order valence-corrected chi connectivity index (χ1v) is 5.06. The van der Waals surface area contributed by atoms with Crippen molar-refractivity contribution in [3.05, 3.63) is 0 Å². The van der Waals surface area contributed by atoms with Crippen LogP contribution in [0.25, 0.3) is 0 Å². The molecule has 1 heterocycles. The molecular weight excluding hydrogens is 166 g/mol. The van der Waals surface area contributed by atoms with E-state index in [1.54, 1.807) is 0 Å². The zero-order valence-corrected chi connectivity index (χ0v) is 8.92. The number of hydrogen-bond acceptors (Lipinski definition) is 3. The second-order valence-corrected chi connectivity index (χ2v) is 4.32. The molecule has 0 amide bonds. The predicted molar refractivity (Wildman–Crippen MR) is 52.7 cm³/mol. The maximum atomic E-state index is 9.87. The lowest BCUT2D eigenvalue weighted by molar-refractivity contribution is -0.0215.